The molecule has 1 saturated heterocycles. The summed E-state index contributed by atoms with van der Waals surface area (Å²) in [5.74, 6) is -0.150. The first-order valence-electron chi connectivity index (χ1n) is 8.78. The van der Waals surface area contributed by atoms with Crippen molar-refractivity contribution < 1.29 is 13.9 Å². The molecule has 1 heterocycles. The van der Waals surface area contributed by atoms with Gasteiger partial charge in [0, 0.05) is 23.7 Å². The first kappa shape index (κ1) is 19.2. The van der Waals surface area contributed by atoms with Crippen LogP contribution < -0.4 is 15.1 Å². The number of anilines is 1. The molecule has 27 heavy (non-hydrogen) atoms. The molecule has 0 unspecified atom stereocenters. The van der Waals surface area contributed by atoms with E-state index in [1.807, 2.05) is 13.0 Å². The minimum absolute atomic E-state index is 0.180. The zero-order valence-electron chi connectivity index (χ0n) is 15.0. The number of hydrogen-bond donors (Lipinski definition) is 1. The fourth-order valence-electron chi connectivity index (χ4n) is 2.91. The van der Waals surface area contributed by atoms with Crippen molar-refractivity contribution in [3.63, 3.8) is 0 Å². The molecule has 0 aromatic heterocycles. The Morgan fingerprint density at radius 1 is 1.30 bits per heavy atom. The summed E-state index contributed by atoms with van der Waals surface area (Å²) in [4.78, 5) is 13.9. The Bertz CT molecular complexity index is 834. The first-order chi connectivity index (χ1) is 13.0. The van der Waals surface area contributed by atoms with Crippen molar-refractivity contribution in [1.29, 1.82) is 0 Å². The van der Waals surface area contributed by atoms with E-state index < -0.39 is 5.91 Å². The van der Waals surface area contributed by atoms with Crippen molar-refractivity contribution in [3.05, 3.63) is 58.4 Å². The van der Waals surface area contributed by atoms with E-state index in [1.54, 1.807) is 24.3 Å². The highest BCUT2D eigenvalue weighted by Gasteiger charge is 2.17. The van der Waals surface area contributed by atoms with Gasteiger partial charge in [0.1, 0.15) is 11.6 Å². The van der Waals surface area contributed by atoms with Crippen LogP contribution in [0.5, 0.6) is 5.75 Å². The molecule has 2 aromatic carbocycles. The second kappa shape index (κ2) is 8.86. The molecule has 7 heteroatoms. The van der Waals surface area contributed by atoms with Gasteiger partial charge in [0.25, 0.3) is 5.91 Å². The minimum atomic E-state index is -0.409. The molecule has 0 bridgehead atoms. The number of nitrogens with one attached hydrogen (secondary N) is 1. The number of ether oxygens (including phenoxy) is 1. The number of carbonyl (C=O) groups excluding carboxylic acids is 1. The summed E-state index contributed by atoms with van der Waals surface area (Å²) in [5, 5.41) is 4.48. The third-order valence-corrected chi connectivity index (χ3v) is 4.61. The summed E-state index contributed by atoms with van der Waals surface area (Å²) in [6.45, 7) is 3.48. The van der Waals surface area contributed by atoms with Crippen molar-refractivity contribution >= 4 is 29.4 Å². The minimum Gasteiger partial charge on any atom is -0.484 e. The van der Waals surface area contributed by atoms with Gasteiger partial charge in [-0.25, -0.2) is 9.82 Å². The Morgan fingerprint density at radius 3 is 2.70 bits per heavy atom. The maximum absolute atomic E-state index is 14.4. The molecule has 0 spiro atoms. The normalized spacial score (nSPS) is 14.0. The quantitative estimate of drug-likeness (QED) is 0.602. The number of hydrogen-bond acceptors (Lipinski definition) is 4. The number of halogens is 2. The van der Waals surface area contributed by atoms with E-state index in [1.165, 1.54) is 12.3 Å². The molecular formula is C20H21ClFN3O2. The predicted molar refractivity (Wildman–Crippen MR) is 105 cm³/mol. The Kier molecular flexibility index (Phi) is 6.29. The number of amides is 1. The maximum Gasteiger partial charge on any atom is 0.277 e. The van der Waals surface area contributed by atoms with Crippen molar-refractivity contribution in [2.24, 2.45) is 5.10 Å². The van der Waals surface area contributed by atoms with Crippen LogP contribution in [0.4, 0.5) is 10.1 Å². The van der Waals surface area contributed by atoms with E-state index >= 15 is 0 Å². The van der Waals surface area contributed by atoms with E-state index in [9.17, 15) is 9.18 Å². The lowest BCUT2D eigenvalue weighted by Crippen LogP contribution is -2.24. The van der Waals surface area contributed by atoms with Crippen molar-refractivity contribution in [1.82, 2.24) is 5.43 Å². The van der Waals surface area contributed by atoms with Gasteiger partial charge in [-0.05, 0) is 61.7 Å². The van der Waals surface area contributed by atoms with E-state index in [0.29, 0.717) is 22.0 Å². The third kappa shape index (κ3) is 5.20. The predicted octanol–water partition coefficient (Wildman–Crippen LogP) is 3.92. The summed E-state index contributed by atoms with van der Waals surface area (Å²) in [5.41, 5.74) is 4.52. The average Bonchev–Trinajstić information content (AvgIpc) is 3.18. The lowest BCUT2D eigenvalue weighted by atomic mass is 10.1. The number of rotatable bonds is 6. The van der Waals surface area contributed by atoms with Crippen molar-refractivity contribution in [2.45, 2.75) is 19.8 Å². The third-order valence-electron chi connectivity index (χ3n) is 4.36. The van der Waals surface area contributed by atoms with Gasteiger partial charge in [-0.1, -0.05) is 11.6 Å². The highest BCUT2D eigenvalue weighted by atomic mass is 35.5. The number of aryl methyl sites for hydroxylation is 1. The summed E-state index contributed by atoms with van der Waals surface area (Å²) in [7, 11) is 0. The number of nitrogens with zero attached hydrogens (tertiary/aromatic N) is 2. The molecule has 0 radical (unpaired) electrons. The van der Waals surface area contributed by atoms with Crippen LogP contribution in [0, 0.1) is 12.7 Å². The van der Waals surface area contributed by atoms with Crippen molar-refractivity contribution in [3.8, 4) is 5.75 Å². The smallest absolute Gasteiger partial charge is 0.277 e. The molecule has 142 valence electrons. The summed E-state index contributed by atoms with van der Waals surface area (Å²) in [6.07, 6.45) is 3.62. The van der Waals surface area contributed by atoms with Crippen LogP contribution in [-0.2, 0) is 4.79 Å². The fourth-order valence-corrected chi connectivity index (χ4v) is 3.03. The highest BCUT2D eigenvalue weighted by Crippen LogP contribution is 2.26. The van der Waals surface area contributed by atoms with Gasteiger partial charge >= 0.3 is 0 Å². The summed E-state index contributed by atoms with van der Waals surface area (Å²) >= 11 is 5.79. The molecule has 1 fully saturated rings. The second-order valence-electron chi connectivity index (χ2n) is 6.39. The number of benzene rings is 2. The van der Waals surface area contributed by atoms with Gasteiger partial charge in [0.05, 0.1) is 11.9 Å². The number of carbonyl (C=O) groups is 1. The lowest BCUT2D eigenvalue weighted by molar-refractivity contribution is -0.123. The molecule has 1 aliphatic heterocycles. The largest absolute Gasteiger partial charge is 0.484 e. The van der Waals surface area contributed by atoms with Gasteiger partial charge in [-0.2, -0.15) is 5.10 Å². The zero-order chi connectivity index (χ0) is 19.2. The first-order valence-corrected chi connectivity index (χ1v) is 9.16. The molecular weight excluding hydrogens is 369 g/mol. The van der Waals surface area contributed by atoms with Crippen LogP contribution in [0.2, 0.25) is 5.02 Å². The van der Waals surface area contributed by atoms with E-state index in [-0.39, 0.29) is 12.4 Å². The zero-order valence-corrected chi connectivity index (χ0v) is 15.8. The Morgan fingerprint density at radius 2 is 2.00 bits per heavy atom. The molecule has 0 aliphatic carbocycles. The summed E-state index contributed by atoms with van der Waals surface area (Å²) < 4.78 is 19.7. The van der Waals surface area contributed by atoms with Gasteiger partial charge in [0.15, 0.2) is 6.61 Å². The van der Waals surface area contributed by atoms with E-state index in [2.05, 4.69) is 15.4 Å². The van der Waals surface area contributed by atoms with Crippen LogP contribution in [0.3, 0.4) is 0 Å². The molecule has 0 saturated carbocycles. The Labute approximate surface area is 162 Å². The standard InChI is InChI=1S/C20H21ClFN3O2/c1-14-10-19(25-8-2-3-9-25)18(22)11-15(14)12-23-24-20(26)13-27-17-6-4-16(21)5-7-17/h4-7,10-12H,2-3,8-9,13H2,1H3,(H,24,26)/b23-12-. The SMILES string of the molecule is Cc1cc(N2CCCC2)c(F)cc1/C=N\NC(=O)COc1ccc(Cl)cc1. The monoisotopic (exact) mass is 389 g/mol. The van der Waals surface area contributed by atoms with E-state index in [0.717, 1.165) is 31.5 Å². The molecule has 3 rings (SSSR count). The Hall–Kier alpha value is -2.60. The number of hydrazone groups is 1. The van der Waals surface area contributed by atoms with E-state index in [4.69, 9.17) is 16.3 Å². The van der Waals surface area contributed by atoms with Crippen molar-refractivity contribution in [2.75, 3.05) is 24.6 Å². The molecule has 0 atom stereocenters. The average molecular weight is 390 g/mol. The molecule has 1 aliphatic rings. The van der Waals surface area contributed by atoms with Gasteiger partial charge in [-0.3, -0.25) is 4.79 Å². The summed E-state index contributed by atoms with van der Waals surface area (Å²) in [6, 6.07) is 9.97. The van der Waals surface area contributed by atoms with Crippen LogP contribution in [0.1, 0.15) is 24.0 Å². The van der Waals surface area contributed by atoms with Gasteiger partial charge in [0.2, 0.25) is 0 Å². The molecule has 5 nitrogen and oxygen atoms in total. The maximum atomic E-state index is 14.4. The van der Waals surface area contributed by atoms with Gasteiger partial charge < -0.3 is 9.64 Å². The molecule has 1 N–H and O–H groups in total. The fraction of sp³-hybridized carbons (Fsp3) is 0.300. The highest BCUT2D eigenvalue weighted by molar-refractivity contribution is 6.30. The van der Waals surface area contributed by atoms with Gasteiger partial charge in [-0.15, -0.1) is 0 Å². The second-order valence-corrected chi connectivity index (χ2v) is 6.83. The van der Waals surface area contributed by atoms with Crippen LogP contribution in [0.15, 0.2) is 41.5 Å². The molecule has 1 amide bonds. The topological polar surface area (TPSA) is 53.9 Å². The van der Waals surface area contributed by atoms with Crippen LogP contribution >= 0.6 is 11.6 Å². The van der Waals surface area contributed by atoms with Crippen LogP contribution in [0.25, 0.3) is 0 Å². The van der Waals surface area contributed by atoms with Crippen LogP contribution in [-0.4, -0.2) is 31.8 Å². The molecule has 2 aromatic rings. The lowest BCUT2D eigenvalue weighted by Gasteiger charge is -2.19. The Balaban J connectivity index is 1.54.